The van der Waals surface area contributed by atoms with Crippen molar-refractivity contribution in [2.45, 2.75) is 59.0 Å². The molecule has 0 radical (unpaired) electrons. The van der Waals surface area contributed by atoms with Gasteiger partial charge >= 0.3 is 0 Å². The van der Waals surface area contributed by atoms with Gasteiger partial charge in [0.1, 0.15) is 5.78 Å². The van der Waals surface area contributed by atoms with E-state index in [1.165, 1.54) is 6.42 Å². The average molecular weight is 226 g/mol. The summed E-state index contributed by atoms with van der Waals surface area (Å²) in [6.07, 6.45) is 3.89. The van der Waals surface area contributed by atoms with Gasteiger partial charge in [0.15, 0.2) is 0 Å². The van der Waals surface area contributed by atoms with Crippen molar-refractivity contribution in [2.75, 3.05) is 7.11 Å². The standard InChI is InChI=1S/C14H26O2/c1-10-6-7-12(8-11(10)2)13(15)9-14(3,4)16-5/h10-12H,6-9H2,1-5H3. The second-order valence-electron chi connectivity index (χ2n) is 6.07. The van der Waals surface area contributed by atoms with Gasteiger partial charge in [-0.15, -0.1) is 0 Å². The van der Waals surface area contributed by atoms with Gasteiger partial charge < -0.3 is 4.74 Å². The van der Waals surface area contributed by atoms with Gasteiger partial charge in [0, 0.05) is 19.4 Å². The smallest absolute Gasteiger partial charge is 0.138 e. The van der Waals surface area contributed by atoms with Crippen molar-refractivity contribution in [3.05, 3.63) is 0 Å². The highest BCUT2D eigenvalue weighted by atomic mass is 16.5. The zero-order valence-corrected chi connectivity index (χ0v) is 11.4. The maximum Gasteiger partial charge on any atom is 0.138 e. The zero-order chi connectivity index (χ0) is 12.3. The summed E-state index contributed by atoms with van der Waals surface area (Å²) in [6, 6.07) is 0. The van der Waals surface area contributed by atoms with Crippen LogP contribution in [0.2, 0.25) is 0 Å². The molecule has 3 atom stereocenters. The quantitative estimate of drug-likeness (QED) is 0.734. The van der Waals surface area contributed by atoms with E-state index >= 15 is 0 Å². The minimum atomic E-state index is -0.302. The molecule has 0 aromatic carbocycles. The first-order valence-corrected chi connectivity index (χ1v) is 6.43. The fourth-order valence-electron chi connectivity index (χ4n) is 2.48. The Labute approximate surface area is 99.8 Å². The fraction of sp³-hybridized carbons (Fsp3) is 0.929. The molecule has 0 aromatic heterocycles. The van der Waals surface area contributed by atoms with Gasteiger partial charge in [-0.3, -0.25) is 4.79 Å². The molecule has 3 unspecified atom stereocenters. The lowest BCUT2D eigenvalue weighted by Gasteiger charge is -2.33. The van der Waals surface area contributed by atoms with Crippen LogP contribution in [-0.4, -0.2) is 18.5 Å². The minimum absolute atomic E-state index is 0.278. The van der Waals surface area contributed by atoms with Gasteiger partial charge in [-0.2, -0.15) is 0 Å². The molecule has 0 heterocycles. The second kappa shape index (κ2) is 5.31. The molecule has 0 aliphatic heterocycles. The minimum Gasteiger partial charge on any atom is -0.378 e. The highest BCUT2D eigenvalue weighted by molar-refractivity contribution is 5.82. The maximum absolute atomic E-state index is 12.1. The summed E-state index contributed by atoms with van der Waals surface area (Å²) in [4.78, 5) is 12.1. The third-order valence-corrected chi connectivity index (χ3v) is 4.21. The molecule has 2 heteroatoms. The second-order valence-corrected chi connectivity index (χ2v) is 6.07. The molecule has 16 heavy (non-hydrogen) atoms. The predicted octanol–water partition coefficient (Wildman–Crippen LogP) is 3.44. The lowest BCUT2D eigenvalue weighted by Crippen LogP contribution is -2.33. The Balaban J connectivity index is 2.49. The number of Topliss-reactive ketones (excluding diaryl/α,β-unsaturated/α-hetero) is 1. The van der Waals surface area contributed by atoms with E-state index in [4.69, 9.17) is 4.74 Å². The molecule has 1 fully saturated rings. The highest BCUT2D eigenvalue weighted by Gasteiger charge is 2.32. The molecule has 1 saturated carbocycles. The van der Waals surface area contributed by atoms with E-state index in [2.05, 4.69) is 13.8 Å². The molecule has 0 aromatic rings. The predicted molar refractivity (Wildman–Crippen MR) is 66.4 cm³/mol. The number of hydrogen-bond donors (Lipinski definition) is 0. The third-order valence-electron chi connectivity index (χ3n) is 4.21. The van der Waals surface area contributed by atoms with Crippen LogP contribution in [-0.2, 0) is 9.53 Å². The van der Waals surface area contributed by atoms with Crippen molar-refractivity contribution >= 4 is 5.78 Å². The maximum atomic E-state index is 12.1. The van der Waals surface area contributed by atoms with E-state index in [0.29, 0.717) is 18.1 Å². The summed E-state index contributed by atoms with van der Waals surface area (Å²) in [7, 11) is 1.68. The van der Waals surface area contributed by atoms with Crippen LogP contribution >= 0.6 is 0 Å². The van der Waals surface area contributed by atoms with Crippen LogP contribution in [0.15, 0.2) is 0 Å². The molecule has 94 valence electrons. The van der Waals surface area contributed by atoms with Gasteiger partial charge in [0.2, 0.25) is 0 Å². The number of carbonyl (C=O) groups excluding carboxylic acids is 1. The van der Waals surface area contributed by atoms with E-state index in [9.17, 15) is 4.79 Å². The van der Waals surface area contributed by atoms with Crippen LogP contribution in [0.1, 0.15) is 53.4 Å². The van der Waals surface area contributed by atoms with Gasteiger partial charge in [-0.25, -0.2) is 0 Å². The van der Waals surface area contributed by atoms with Gasteiger partial charge in [0.25, 0.3) is 0 Å². The molecule has 1 aliphatic rings. The fourth-order valence-corrected chi connectivity index (χ4v) is 2.48. The Hall–Kier alpha value is -0.370. The molecule has 0 spiro atoms. The van der Waals surface area contributed by atoms with E-state index < -0.39 is 0 Å². The first-order valence-electron chi connectivity index (χ1n) is 6.43. The summed E-state index contributed by atoms with van der Waals surface area (Å²) in [5.41, 5.74) is -0.302. The molecule has 2 nitrogen and oxygen atoms in total. The van der Waals surface area contributed by atoms with Gasteiger partial charge in [0.05, 0.1) is 5.60 Å². The first kappa shape index (κ1) is 13.7. The molecular weight excluding hydrogens is 200 g/mol. The first-order chi connectivity index (χ1) is 7.35. The van der Waals surface area contributed by atoms with Gasteiger partial charge in [-0.1, -0.05) is 13.8 Å². The molecule has 1 rings (SSSR count). The highest BCUT2D eigenvalue weighted by Crippen LogP contribution is 2.35. The third kappa shape index (κ3) is 3.58. The lowest BCUT2D eigenvalue weighted by molar-refractivity contribution is -0.129. The van der Waals surface area contributed by atoms with Crippen LogP contribution in [0.25, 0.3) is 0 Å². The van der Waals surface area contributed by atoms with Crippen LogP contribution < -0.4 is 0 Å². The summed E-state index contributed by atoms with van der Waals surface area (Å²) < 4.78 is 5.33. The number of ether oxygens (including phenoxy) is 1. The molecule has 0 saturated heterocycles. The SMILES string of the molecule is COC(C)(C)CC(=O)C1CCC(C)C(C)C1. The van der Waals surface area contributed by atoms with Gasteiger partial charge in [-0.05, 0) is 44.9 Å². The van der Waals surface area contributed by atoms with Crippen molar-refractivity contribution in [1.82, 2.24) is 0 Å². The zero-order valence-electron chi connectivity index (χ0n) is 11.4. The molecular formula is C14H26O2. The Kier molecular flexibility index (Phi) is 4.54. The summed E-state index contributed by atoms with van der Waals surface area (Å²) in [5.74, 6) is 2.14. The van der Waals surface area contributed by atoms with Crippen molar-refractivity contribution in [2.24, 2.45) is 17.8 Å². The summed E-state index contributed by atoms with van der Waals surface area (Å²) >= 11 is 0. The average Bonchev–Trinajstić information content (AvgIpc) is 2.21. The Bertz CT molecular complexity index is 245. The molecule has 1 aliphatic carbocycles. The van der Waals surface area contributed by atoms with Crippen LogP contribution in [0, 0.1) is 17.8 Å². The Morgan fingerprint density at radius 2 is 1.88 bits per heavy atom. The molecule has 0 bridgehead atoms. The van der Waals surface area contributed by atoms with Crippen LogP contribution in [0.5, 0.6) is 0 Å². The van der Waals surface area contributed by atoms with Crippen LogP contribution in [0.3, 0.4) is 0 Å². The Morgan fingerprint density at radius 3 is 2.38 bits per heavy atom. The molecule has 0 N–H and O–H groups in total. The van der Waals surface area contributed by atoms with E-state index in [1.54, 1.807) is 7.11 Å². The number of ketones is 1. The van der Waals surface area contributed by atoms with Crippen molar-refractivity contribution < 1.29 is 9.53 Å². The summed E-state index contributed by atoms with van der Waals surface area (Å²) in [6.45, 7) is 8.54. The Morgan fingerprint density at radius 1 is 1.25 bits per heavy atom. The monoisotopic (exact) mass is 226 g/mol. The lowest BCUT2D eigenvalue weighted by atomic mass is 9.73. The number of carbonyl (C=O) groups is 1. The van der Waals surface area contributed by atoms with E-state index in [1.807, 2.05) is 13.8 Å². The number of methoxy groups -OCH3 is 1. The van der Waals surface area contributed by atoms with E-state index in [0.717, 1.165) is 18.8 Å². The molecule has 0 amide bonds. The topological polar surface area (TPSA) is 26.3 Å². The van der Waals surface area contributed by atoms with E-state index in [-0.39, 0.29) is 11.5 Å². The van der Waals surface area contributed by atoms with Crippen LogP contribution in [0.4, 0.5) is 0 Å². The number of hydrogen-bond acceptors (Lipinski definition) is 2. The van der Waals surface area contributed by atoms with Crippen molar-refractivity contribution in [3.63, 3.8) is 0 Å². The van der Waals surface area contributed by atoms with Crippen molar-refractivity contribution in [3.8, 4) is 0 Å². The van der Waals surface area contributed by atoms with Crippen molar-refractivity contribution in [1.29, 1.82) is 0 Å². The number of rotatable bonds is 4. The largest absolute Gasteiger partial charge is 0.378 e. The summed E-state index contributed by atoms with van der Waals surface area (Å²) in [5, 5.41) is 0. The normalized spacial score (nSPS) is 31.4.